The van der Waals surface area contributed by atoms with Gasteiger partial charge < -0.3 is 24.6 Å². The van der Waals surface area contributed by atoms with Crippen molar-refractivity contribution < 1.29 is 19.3 Å². The first-order valence-corrected chi connectivity index (χ1v) is 10.4. The zero-order valence-corrected chi connectivity index (χ0v) is 17.9. The summed E-state index contributed by atoms with van der Waals surface area (Å²) in [5.74, 6) is 0.743. The Morgan fingerprint density at radius 3 is 2.76 bits per heavy atom. The van der Waals surface area contributed by atoms with Crippen LogP contribution in [0, 0.1) is 0 Å². The van der Waals surface area contributed by atoms with Gasteiger partial charge in [-0.15, -0.1) is 0 Å². The summed E-state index contributed by atoms with van der Waals surface area (Å²) in [4.78, 5) is 0. The Kier molecular flexibility index (Phi) is 7.92. The highest BCUT2D eigenvalue weighted by molar-refractivity contribution is 6.33. The normalized spacial score (nSPS) is 19.0. The average Bonchev–Trinajstić information content (AvgIpc) is 2.77. The van der Waals surface area contributed by atoms with Crippen molar-refractivity contribution in [3.8, 4) is 16.9 Å². The van der Waals surface area contributed by atoms with E-state index >= 15 is 0 Å². The molecule has 2 aromatic carbocycles. The number of unbranched alkanes of at least 4 members (excludes halogenated alkanes) is 1. The first-order chi connectivity index (χ1) is 14.1. The molecule has 2 atom stereocenters. The van der Waals surface area contributed by atoms with Crippen LogP contribution in [0.2, 0.25) is 5.02 Å². The number of nitrogens with one attached hydrogen (secondary N) is 1. The van der Waals surface area contributed by atoms with Crippen LogP contribution >= 0.6 is 11.6 Å². The maximum atomic E-state index is 12.0. The molecule has 2 N–H and O–H groups in total. The van der Waals surface area contributed by atoms with Crippen molar-refractivity contribution in [2.75, 3.05) is 40.5 Å². The molecule has 5 nitrogen and oxygen atoms in total. The third-order valence-corrected chi connectivity index (χ3v) is 5.77. The molecule has 0 amide bonds. The summed E-state index contributed by atoms with van der Waals surface area (Å²) in [7, 11) is 3.33. The van der Waals surface area contributed by atoms with Gasteiger partial charge in [0.1, 0.15) is 17.5 Å². The Hall–Kier alpha value is -1.63. The molecule has 0 aliphatic carbocycles. The highest BCUT2D eigenvalue weighted by Gasteiger charge is 2.41. The number of aliphatic hydroxyl groups is 1. The largest absolute Gasteiger partial charge is 0.497 e. The van der Waals surface area contributed by atoms with E-state index in [2.05, 4.69) is 5.32 Å². The molecule has 0 spiro atoms. The third-order valence-electron chi connectivity index (χ3n) is 5.46. The lowest BCUT2D eigenvalue weighted by molar-refractivity contribution is -0.129. The van der Waals surface area contributed by atoms with Crippen LogP contribution in [0.4, 0.5) is 0 Å². The lowest BCUT2D eigenvalue weighted by atomic mass is 9.79. The molecular formula is C23H30ClNO4. The van der Waals surface area contributed by atoms with Crippen LogP contribution in [0.15, 0.2) is 42.5 Å². The highest BCUT2D eigenvalue weighted by Crippen LogP contribution is 2.42. The van der Waals surface area contributed by atoms with Crippen LogP contribution in [0.25, 0.3) is 11.1 Å². The Balaban J connectivity index is 2.05. The first-order valence-electron chi connectivity index (χ1n) is 10.1. The summed E-state index contributed by atoms with van der Waals surface area (Å²) in [6.45, 7) is 2.61. The summed E-state index contributed by atoms with van der Waals surface area (Å²) in [6, 6.07) is 13.4. The second-order valence-corrected chi connectivity index (χ2v) is 7.74. The summed E-state index contributed by atoms with van der Waals surface area (Å²) in [5.41, 5.74) is 1.33. The maximum absolute atomic E-state index is 12.0. The van der Waals surface area contributed by atoms with Gasteiger partial charge >= 0.3 is 0 Å². The van der Waals surface area contributed by atoms with E-state index in [1.54, 1.807) is 14.2 Å². The van der Waals surface area contributed by atoms with Crippen molar-refractivity contribution in [2.24, 2.45) is 0 Å². The minimum atomic E-state index is -1.18. The van der Waals surface area contributed by atoms with Crippen LogP contribution in [0.3, 0.4) is 0 Å². The van der Waals surface area contributed by atoms with E-state index in [4.69, 9.17) is 25.8 Å². The number of methoxy groups -OCH3 is 2. The van der Waals surface area contributed by atoms with E-state index in [1.807, 2.05) is 42.5 Å². The number of rotatable bonds is 9. The van der Waals surface area contributed by atoms with Crippen LogP contribution in [-0.2, 0) is 15.1 Å². The molecular weight excluding hydrogens is 390 g/mol. The van der Waals surface area contributed by atoms with Crippen molar-refractivity contribution in [1.29, 1.82) is 0 Å². The maximum Gasteiger partial charge on any atom is 0.119 e. The van der Waals surface area contributed by atoms with Gasteiger partial charge in [0.15, 0.2) is 0 Å². The Morgan fingerprint density at radius 1 is 1.21 bits per heavy atom. The number of halogens is 1. The first kappa shape index (κ1) is 22.1. The van der Waals surface area contributed by atoms with E-state index in [0.29, 0.717) is 31.2 Å². The average molecular weight is 420 g/mol. The molecule has 1 heterocycles. The van der Waals surface area contributed by atoms with Gasteiger partial charge in [-0.2, -0.15) is 0 Å². The fraction of sp³-hybridized carbons (Fsp3) is 0.478. The SMILES string of the molecule is COCCCC[C@@](O)(c1cccc(Cl)c1-c1cccc(OC)c1)C1CNCCO1. The molecule has 158 valence electrons. The van der Waals surface area contributed by atoms with Crippen molar-refractivity contribution >= 4 is 11.6 Å². The smallest absolute Gasteiger partial charge is 0.119 e. The number of morpholine rings is 1. The molecule has 29 heavy (non-hydrogen) atoms. The molecule has 1 unspecified atom stereocenters. The van der Waals surface area contributed by atoms with Crippen molar-refractivity contribution in [2.45, 2.75) is 31.0 Å². The molecule has 0 radical (unpaired) electrons. The van der Waals surface area contributed by atoms with Gasteiger partial charge in [0.25, 0.3) is 0 Å². The summed E-state index contributed by atoms with van der Waals surface area (Å²) in [6.07, 6.45) is 1.88. The predicted octanol–water partition coefficient (Wildman–Crippen LogP) is 4.01. The molecule has 0 bridgehead atoms. The number of hydrogen-bond acceptors (Lipinski definition) is 5. The van der Waals surface area contributed by atoms with E-state index < -0.39 is 5.60 Å². The topological polar surface area (TPSA) is 60.0 Å². The standard InChI is InChI=1S/C23H30ClNO4/c1-27-13-4-3-11-23(26,21-16-25-12-14-29-21)19-9-6-10-20(24)22(19)17-7-5-8-18(15-17)28-2/h5-10,15,21,25-26H,3-4,11-14,16H2,1-2H3/t21?,23-/m1/s1. The van der Waals surface area contributed by atoms with Gasteiger partial charge in [0.05, 0.1) is 13.7 Å². The van der Waals surface area contributed by atoms with Gasteiger partial charge in [0.2, 0.25) is 0 Å². The van der Waals surface area contributed by atoms with Gasteiger partial charge in [-0.1, -0.05) is 35.9 Å². The molecule has 1 fully saturated rings. The van der Waals surface area contributed by atoms with E-state index in [1.165, 1.54) is 0 Å². The predicted molar refractivity (Wildman–Crippen MR) is 116 cm³/mol. The number of ether oxygens (including phenoxy) is 3. The van der Waals surface area contributed by atoms with E-state index in [0.717, 1.165) is 41.8 Å². The van der Waals surface area contributed by atoms with E-state index in [9.17, 15) is 5.11 Å². The van der Waals surface area contributed by atoms with Crippen LogP contribution < -0.4 is 10.1 Å². The molecule has 3 rings (SSSR count). The van der Waals surface area contributed by atoms with Crippen molar-refractivity contribution in [1.82, 2.24) is 5.32 Å². The fourth-order valence-electron chi connectivity index (χ4n) is 3.94. The van der Waals surface area contributed by atoms with Crippen LogP contribution in [-0.4, -0.2) is 51.7 Å². The van der Waals surface area contributed by atoms with Crippen LogP contribution in [0.1, 0.15) is 24.8 Å². The lowest BCUT2D eigenvalue weighted by Crippen LogP contribution is -2.51. The number of benzene rings is 2. The van der Waals surface area contributed by atoms with Crippen molar-refractivity contribution in [3.63, 3.8) is 0 Å². The highest BCUT2D eigenvalue weighted by atomic mass is 35.5. The molecule has 1 aliphatic heterocycles. The quantitative estimate of drug-likeness (QED) is 0.601. The Bertz CT molecular complexity index is 794. The van der Waals surface area contributed by atoms with Crippen molar-refractivity contribution in [3.05, 3.63) is 53.1 Å². The third kappa shape index (κ3) is 5.11. The zero-order chi connectivity index (χ0) is 20.7. The number of hydrogen-bond donors (Lipinski definition) is 2. The van der Waals surface area contributed by atoms with Gasteiger partial charge in [-0.05, 0) is 48.6 Å². The second-order valence-electron chi connectivity index (χ2n) is 7.33. The second kappa shape index (κ2) is 10.4. The molecule has 1 aliphatic rings. The Labute approximate surface area is 177 Å². The monoisotopic (exact) mass is 419 g/mol. The van der Waals surface area contributed by atoms with Gasteiger partial charge in [-0.3, -0.25) is 0 Å². The minimum Gasteiger partial charge on any atom is -0.497 e. The Morgan fingerprint density at radius 2 is 2.03 bits per heavy atom. The molecule has 0 saturated carbocycles. The molecule has 1 saturated heterocycles. The lowest BCUT2D eigenvalue weighted by Gasteiger charge is -2.40. The summed E-state index contributed by atoms with van der Waals surface area (Å²) in [5, 5.41) is 15.9. The molecule has 0 aromatic heterocycles. The van der Waals surface area contributed by atoms with Gasteiger partial charge in [0, 0.05) is 37.4 Å². The molecule has 6 heteroatoms. The minimum absolute atomic E-state index is 0.360. The van der Waals surface area contributed by atoms with Crippen LogP contribution in [0.5, 0.6) is 5.75 Å². The fourth-order valence-corrected chi connectivity index (χ4v) is 4.22. The zero-order valence-electron chi connectivity index (χ0n) is 17.1. The van der Waals surface area contributed by atoms with Gasteiger partial charge in [-0.25, -0.2) is 0 Å². The summed E-state index contributed by atoms with van der Waals surface area (Å²) >= 11 is 6.66. The summed E-state index contributed by atoms with van der Waals surface area (Å²) < 4.78 is 16.6. The molecule has 2 aromatic rings. The van der Waals surface area contributed by atoms with E-state index in [-0.39, 0.29) is 6.10 Å².